The first-order valence-corrected chi connectivity index (χ1v) is 9.05. The van der Waals surface area contributed by atoms with Crippen molar-refractivity contribution >= 4 is 0 Å². The Bertz CT molecular complexity index is 287. The molecule has 1 aliphatic carbocycles. The smallest absolute Gasteiger partial charge is 0.0336 e. The van der Waals surface area contributed by atoms with Crippen molar-refractivity contribution in [1.82, 2.24) is 4.90 Å². The molecule has 0 atom stereocenters. The molecule has 1 fully saturated rings. The van der Waals surface area contributed by atoms with E-state index in [1.54, 1.807) is 0 Å². The molecule has 0 unspecified atom stereocenters. The van der Waals surface area contributed by atoms with Crippen LogP contribution in [-0.4, -0.2) is 30.1 Å². The van der Waals surface area contributed by atoms with Crippen LogP contribution in [0.2, 0.25) is 0 Å². The maximum atomic E-state index is 6.32. The molecule has 0 spiro atoms. The van der Waals surface area contributed by atoms with Crippen LogP contribution in [0.5, 0.6) is 0 Å². The van der Waals surface area contributed by atoms with E-state index in [9.17, 15) is 0 Å². The third kappa shape index (κ3) is 5.25. The summed E-state index contributed by atoms with van der Waals surface area (Å²) in [5.41, 5.74) is 7.05. The lowest BCUT2D eigenvalue weighted by molar-refractivity contribution is 0.0106. The lowest BCUT2D eigenvalue weighted by Gasteiger charge is -2.50. The summed E-state index contributed by atoms with van der Waals surface area (Å²) in [5, 5.41) is 0. The first-order valence-electron chi connectivity index (χ1n) is 9.05. The third-order valence-corrected chi connectivity index (χ3v) is 5.56. The van der Waals surface area contributed by atoms with Gasteiger partial charge in [-0.2, -0.15) is 0 Å². The van der Waals surface area contributed by atoms with Crippen molar-refractivity contribution in [1.29, 1.82) is 0 Å². The average molecular weight is 297 g/mol. The van der Waals surface area contributed by atoms with Crippen LogP contribution in [0.3, 0.4) is 0 Å². The summed E-state index contributed by atoms with van der Waals surface area (Å²) in [6.07, 6.45) is 7.82. The highest BCUT2D eigenvalue weighted by Crippen LogP contribution is 2.40. The topological polar surface area (TPSA) is 29.3 Å². The Morgan fingerprint density at radius 2 is 1.48 bits per heavy atom. The Hall–Kier alpha value is -0.0800. The van der Waals surface area contributed by atoms with Crippen molar-refractivity contribution in [3.8, 4) is 0 Å². The lowest BCUT2D eigenvalue weighted by atomic mass is 9.73. The predicted molar refractivity (Wildman–Crippen MR) is 94.5 cm³/mol. The SMILES string of the molecule is CC(C)CC(CN)(CC(C)C)N(C)C1CCC(C)(C)CC1. The Labute approximate surface area is 133 Å². The molecule has 0 aromatic heterocycles. The number of nitrogens with two attached hydrogens (primary N) is 1. The van der Waals surface area contributed by atoms with Gasteiger partial charge < -0.3 is 5.73 Å². The molecule has 0 aromatic carbocycles. The van der Waals surface area contributed by atoms with E-state index in [1.807, 2.05) is 0 Å². The molecule has 0 amide bonds. The van der Waals surface area contributed by atoms with Crippen LogP contribution in [0.25, 0.3) is 0 Å². The van der Waals surface area contributed by atoms with Gasteiger partial charge in [-0.3, -0.25) is 4.90 Å². The zero-order valence-corrected chi connectivity index (χ0v) is 15.7. The zero-order valence-electron chi connectivity index (χ0n) is 15.7. The van der Waals surface area contributed by atoms with Gasteiger partial charge in [0.1, 0.15) is 0 Å². The van der Waals surface area contributed by atoms with E-state index in [0.29, 0.717) is 17.3 Å². The minimum absolute atomic E-state index is 0.189. The van der Waals surface area contributed by atoms with Crippen LogP contribution in [0.15, 0.2) is 0 Å². The van der Waals surface area contributed by atoms with Crippen molar-refractivity contribution in [3.63, 3.8) is 0 Å². The van der Waals surface area contributed by atoms with Crippen LogP contribution >= 0.6 is 0 Å². The van der Waals surface area contributed by atoms with Gasteiger partial charge in [0, 0.05) is 18.1 Å². The monoisotopic (exact) mass is 296 g/mol. The summed E-state index contributed by atoms with van der Waals surface area (Å²) in [6.45, 7) is 15.0. The molecule has 0 saturated heterocycles. The highest BCUT2D eigenvalue weighted by Gasteiger charge is 2.40. The van der Waals surface area contributed by atoms with Crippen molar-refractivity contribution in [2.24, 2.45) is 23.0 Å². The first kappa shape index (κ1) is 19.0. The molecule has 2 heteroatoms. The Morgan fingerprint density at radius 3 is 1.81 bits per heavy atom. The molecule has 0 aromatic rings. The number of likely N-dealkylation sites (N-methyl/N-ethyl adjacent to an activating group) is 1. The van der Waals surface area contributed by atoms with E-state index in [-0.39, 0.29) is 5.54 Å². The fourth-order valence-corrected chi connectivity index (χ4v) is 4.36. The Kier molecular flexibility index (Phi) is 6.74. The molecule has 126 valence electrons. The summed E-state index contributed by atoms with van der Waals surface area (Å²) in [6, 6.07) is 0.721. The predicted octanol–water partition coefficient (Wildman–Crippen LogP) is 4.68. The second kappa shape index (κ2) is 7.46. The van der Waals surface area contributed by atoms with Crippen molar-refractivity contribution in [2.75, 3.05) is 13.6 Å². The van der Waals surface area contributed by atoms with Crippen LogP contribution < -0.4 is 5.73 Å². The van der Waals surface area contributed by atoms with Crippen LogP contribution in [0.1, 0.15) is 80.1 Å². The highest BCUT2D eigenvalue weighted by atomic mass is 15.2. The highest BCUT2D eigenvalue weighted by molar-refractivity contribution is 4.96. The number of nitrogens with zero attached hydrogens (tertiary/aromatic N) is 1. The Morgan fingerprint density at radius 1 is 1.05 bits per heavy atom. The molecule has 1 aliphatic rings. The van der Waals surface area contributed by atoms with Crippen molar-refractivity contribution < 1.29 is 0 Å². The minimum atomic E-state index is 0.189. The minimum Gasteiger partial charge on any atom is -0.329 e. The maximum absolute atomic E-state index is 6.32. The quantitative estimate of drug-likeness (QED) is 0.739. The molecule has 0 aliphatic heterocycles. The van der Waals surface area contributed by atoms with Crippen molar-refractivity contribution in [2.45, 2.75) is 91.6 Å². The average Bonchev–Trinajstić information content (AvgIpc) is 2.35. The maximum Gasteiger partial charge on any atom is 0.0336 e. The number of hydrogen-bond donors (Lipinski definition) is 1. The summed E-state index contributed by atoms with van der Waals surface area (Å²) in [7, 11) is 2.35. The van der Waals surface area contributed by atoms with Crippen molar-refractivity contribution in [3.05, 3.63) is 0 Å². The van der Waals surface area contributed by atoms with Crippen LogP contribution in [0.4, 0.5) is 0 Å². The second-order valence-corrected chi connectivity index (χ2v) is 9.13. The molecule has 0 bridgehead atoms. The zero-order chi connectivity index (χ0) is 16.3. The van der Waals surface area contributed by atoms with E-state index >= 15 is 0 Å². The Balaban J connectivity index is 2.86. The molecule has 0 heterocycles. The molecule has 21 heavy (non-hydrogen) atoms. The van der Waals surface area contributed by atoms with Gasteiger partial charge in [0.05, 0.1) is 0 Å². The molecule has 1 rings (SSSR count). The summed E-state index contributed by atoms with van der Waals surface area (Å²) >= 11 is 0. The number of hydrogen-bond acceptors (Lipinski definition) is 2. The molecular weight excluding hydrogens is 256 g/mol. The lowest BCUT2D eigenvalue weighted by Crippen LogP contribution is -2.58. The third-order valence-electron chi connectivity index (χ3n) is 5.56. The van der Waals surface area contributed by atoms with Gasteiger partial charge in [0.2, 0.25) is 0 Å². The second-order valence-electron chi connectivity index (χ2n) is 9.13. The first-order chi connectivity index (χ1) is 9.62. The molecule has 0 radical (unpaired) electrons. The van der Waals surface area contributed by atoms with Gasteiger partial charge >= 0.3 is 0 Å². The van der Waals surface area contributed by atoms with E-state index in [0.717, 1.165) is 12.6 Å². The van der Waals surface area contributed by atoms with Gasteiger partial charge in [0.15, 0.2) is 0 Å². The van der Waals surface area contributed by atoms with E-state index in [1.165, 1.54) is 38.5 Å². The van der Waals surface area contributed by atoms with Gasteiger partial charge in [0.25, 0.3) is 0 Å². The van der Waals surface area contributed by atoms with Gasteiger partial charge in [-0.1, -0.05) is 41.5 Å². The van der Waals surface area contributed by atoms with Crippen LogP contribution in [0, 0.1) is 17.3 Å². The number of rotatable bonds is 7. The van der Waals surface area contributed by atoms with Gasteiger partial charge in [-0.05, 0) is 62.8 Å². The van der Waals surface area contributed by atoms with E-state index in [2.05, 4.69) is 53.5 Å². The fourth-order valence-electron chi connectivity index (χ4n) is 4.36. The van der Waals surface area contributed by atoms with Gasteiger partial charge in [-0.25, -0.2) is 0 Å². The standard InChI is InChI=1S/C19H40N2/c1-15(2)12-19(14-20,13-16(3)4)21(7)17-8-10-18(5,6)11-9-17/h15-17H,8-14,20H2,1-7H3. The normalized spacial score (nSPS) is 20.7. The summed E-state index contributed by atoms with van der Waals surface area (Å²) in [5.74, 6) is 1.41. The molecule has 2 nitrogen and oxygen atoms in total. The summed E-state index contributed by atoms with van der Waals surface area (Å²) in [4.78, 5) is 2.68. The molecular formula is C19H40N2. The van der Waals surface area contributed by atoms with E-state index in [4.69, 9.17) is 5.73 Å². The van der Waals surface area contributed by atoms with E-state index < -0.39 is 0 Å². The summed E-state index contributed by atoms with van der Waals surface area (Å²) < 4.78 is 0. The largest absolute Gasteiger partial charge is 0.329 e. The van der Waals surface area contributed by atoms with Crippen LogP contribution in [-0.2, 0) is 0 Å². The molecule has 1 saturated carbocycles. The van der Waals surface area contributed by atoms with Gasteiger partial charge in [-0.15, -0.1) is 0 Å². The fraction of sp³-hybridized carbons (Fsp3) is 1.00. The molecule has 2 N–H and O–H groups in total.